The number of nitrogens with one attached hydrogen (secondary N) is 2. The van der Waals surface area contributed by atoms with Crippen LogP contribution >= 0.6 is 0 Å². The maximum atomic E-state index is 11.6. The third-order valence-electron chi connectivity index (χ3n) is 5.36. The van der Waals surface area contributed by atoms with Gasteiger partial charge in [0.1, 0.15) is 0 Å². The number of amides is 1. The first-order chi connectivity index (χ1) is 13.8. The largest absolute Gasteiger partial charge is 0.493 e. The Labute approximate surface area is 173 Å². The number of aliphatic imine (C=N–C) groups is 1. The fourth-order valence-electron chi connectivity index (χ4n) is 3.39. The molecule has 2 rings (SSSR count). The molecule has 0 unspecified atom stereocenters. The Kier molecular flexibility index (Phi) is 7.99. The Bertz CT molecular complexity index is 713. The highest BCUT2D eigenvalue weighted by Crippen LogP contribution is 2.32. The number of hydrogen-bond acceptors (Lipinski definition) is 5. The summed E-state index contributed by atoms with van der Waals surface area (Å²) in [6.45, 7) is 6.40. The first-order valence-corrected chi connectivity index (χ1v) is 9.87. The van der Waals surface area contributed by atoms with E-state index < -0.39 is 0 Å². The van der Waals surface area contributed by atoms with Crippen molar-refractivity contribution >= 4 is 12.1 Å². The lowest BCUT2D eigenvalue weighted by atomic mass is 9.84. The topological polar surface area (TPSA) is 84.4 Å². The number of carbonyl (C=O) groups is 1. The van der Waals surface area contributed by atoms with Crippen molar-refractivity contribution in [1.82, 2.24) is 15.5 Å². The lowest BCUT2D eigenvalue weighted by molar-refractivity contribution is 0.111. The molecule has 1 aliphatic rings. The van der Waals surface area contributed by atoms with Crippen LogP contribution in [0.5, 0.6) is 11.5 Å². The molecular formula is C21H34N4O4. The summed E-state index contributed by atoms with van der Waals surface area (Å²) >= 11 is 0. The van der Waals surface area contributed by atoms with E-state index in [9.17, 15) is 4.79 Å². The van der Waals surface area contributed by atoms with Gasteiger partial charge in [-0.2, -0.15) is 0 Å². The maximum Gasteiger partial charge on any atom is 0.409 e. The highest BCUT2D eigenvalue weighted by Gasteiger charge is 2.25. The number of ether oxygens (including phenoxy) is 3. The van der Waals surface area contributed by atoms with Crippen molar-refractivity contribution in [1.29, 1.82) is 0 Å². The molecule has 1 amide bonds. The number of likely N-dealkylation sites (tertiary alicyclic amines) is 1. The van der Waals surface area contributed by atoms with Crippen molar-refractivity contribution < 1.29 is 19.0 Å². The Morgan fingerprint density at radius 3 is 2.38 bits per heavy atom. The number of guanidine groups is 1. The summed E-state index contributed by atoms with van der Waals surface area (Å²) in [6, 6.07) is 6.27. The quantitative estimate of drug-likeness (QED) is 0.557. The van der Waals surface area contributed by atoms with Crippen molar-refractivity contribution in [2.24, 2.45) is 4.99 Å². The van der Waals surface area contributed by atoms with Crippen LogP contribution in [-0.2, 0) is 10.2 Å². The second-order valence-corrected chi connectivity index (χ2v) is 7.76. The fourth-order valence-corrected chi connectivity index (χ4v) is 3.39. The first-order valence-electron chi connectivity index (χ1n) is 9.87. The number of carbonyl (C=O) groups excluding carboxylic acids is 1. The molecule has 29 heavy (non-hydrogen) atoms. The van der Waals surface area contributed by atoms with Crippen LogP contribution in [0, 0.1) is 0 Å². The molecule has 0 atom stereocenters. The molecule has 1 aromatic rings. The van der Waals surface area contributed by atoms with Crippen LogP contribution in [0.2, 0.25) is 0 Å². The van der Waals surface area contributed by atoms with E-state index in [1.165, 1.54) is 7.11 Å². The second kappa shape index (κ2) is 10.2. The molecule has 0 saturated carbocycles. The van der Waals surface area contributed by atoms with Gasteiger partial charge in [0.05, 0.1) is 21.3 Å². The minimum absolute atomic E-state index is 0.147. The van der Waals surface area contributed by atoms with Crippen LogP contribution in [0.1, 0.15) is 32.3 Å². The predicted octanol–water partition coefficient (Wildman–Crippen LogP) is 2.38. The molecule has 0 aromatic heterocycles. The lowest BCUT2D eigenvalue weighted by Gasteiger charge is -2.33. The number of hydrogen-bond donors (Lipinski definition) is 2. The lowest BCUT2D eigenvalue weighted by Crippen LogP contribution is -2.51. The number of methoxy groups -OCH3 is 3. The molecule has 1 aromatic carbocycles. The molecular weight excluding hydrogens is 372 g/mol. The maximum absolute atomic E-state index is 11.6. The zero-order chi connectivity index (χ0) is 21.4. The molecule has 0 aliphatic carbocycles. The van der Waals surface area contributed by atoms with Gasteiger partial charge in [-0.3, -0.25) is 4.99 Å². The smallest absolute Gasteiger partial charge is 0.409 e. The van der Waals surface area contributed by atoms with Crippen molar-refractivity contribution in [2.45, 2.75) is 38.1 Å². The van der Waals surface area contributed by atoms with Crippen LogP contribution < -0.4 is 20.1 Å². The average Bonchev–Trinajstić information content (AvgIpc) is 2.75. The molecule has 1 aliphatic heterocycles. The molecule has 8 heteroatoms. The van der Waals surface area contributed by atoms with Crippen LogP contribution in [0.25, 0.3) is 0 Å². The van der Waals surface area contributed by atoms with Gasteiger partial charge >= 0.3 is 6.09 Å². The average molecular weight is 407 g/mol. The van der Waals surface area contributed by atoms with Crippen molar-refractivity contribution in [3.05, 3.63) is 23.8 Å². The normalized spacial score (nSPS) is 15.7. The molecule has 0 radical (unpaired) electrons. The van der Waals surface area contributed by atoms with Gasteiger partial charge in [0.25, 0.3) is 0 Å². The molecule has 8 nitrogen and oxygen atoms in total. The SMILES string of the molecule is CN=C(NCC(C)(C)c1ccc(OC)c(OC)c1)NC1CCN(C(=O)OC)CC1. The Morgan fingerprint density at radius 1 is 1.17 bits per heavy atom. The summed E-state index contributed by atoms with van der Waals surface area (Å²) in [5.74, 6) is 2.20. The zero-order valence-corrected chi connectivity index (χ0v) is 18.4. The van der Waals surface area contributed by atoms with Gasteiger partial charge in [-0.25, -0.2) is 4.79 Å². The Morgan fingerprint density at radius 2 is 1.83 bits per heavy atom. The first kappa shape index (κ1) is 22.6. The minimum atomic E-state index is -0.261. The van der Waals surface area contributed by atoms with Crippen LogP contribution in [-0.4, -0.2) is 71.0 Å². The van der Waals surface area contributed by atoms with E-state index in [1.807, 2.05) is 12.1 Å². The number of nitrogens with zero attached hydrogens (tertiary/aromatic N) is 2. The van der Waals surface area contributed by atoms with Gasteiger partial charge in [0.15, 0.2) is 17.5 Å². The number of rotatable bonds is 6. The summed E-state index contributed by atoms with van der Waals surface area (Å²) in [7, 11) is 6.46. The van der Waals surface area contributed by atoms with Crippen molar-refractivity contribution in [3.63, 3.8) is 0 Å². The molecule has 1 saturated heterocycles. The van der Waals surface area contributed by atoms with Crippen LogP contribution in [0.3, 0.4) is 0 Å². The van der Waals surface area contributed by atoms with E-state index in [-0.39, 0.29) is 17.6 Å². The molecule has 1 heterocycles. The monoisotopic (exact) mass is 406 g/mol. The van der Waals surface area contributed by atoms with Gasteiger partial charge in [-0.1, -0.05) is 19.9 Å². The minimum Gasteiger partial charge on any atom is -0.493 e. The van der Waals surface area contributed by atoms with Gasteiger partial charge in [0.2, 0.25) is 0 Å². The van der Waals surface area contributed by atoms with Gasteiger partial charge < -0.3 is 29.7 Å². The Hall–Kier alpha value is -2.64. The number of piperidine rings is 1. The Balaban J connectivity index is 1.92. The molecule has 1 fully saturated rings. The van der Waals surface area contributed by atoms with E-state index >= 15 is 0 Å². The summed E-state index contributed by atoms with van der Waals surface area (Å²) in [4.78, 5) is 17.7. The zero-order valence-electron chi connectivity index (χ0n) is 18.4. The molecule has 0 spiro atoms. The van der Waals surface area contributed by atoms with Crippen molar-refractivity contribution in [2.75, 3.05) is 48.0 Å². The second-order valence-electron chi connectivity index (χ2n) is 7.76. The van der Waals surface area contributed by atoms with E-state index in [1.54, 1.807) is 26.2 Å². The van der Waals surface area contributed by atoms with E-state index in [4.69, 9.17) is 14.2 Å². The number of benzene rings is 1. The standard InChI is InChI=1S/C21H34N4O4/c1-21(2,15-7-8-17(27-4)18(13-15)28-5)14-23-19(22-3)24-16-9-11-25(12-10-16)20(26)29-6/h7-8,13,16H,9-12,14H2,1-6H3,(H2,22,23,24). The third kappa shape index (κ3) is 5.92. The fraction of sp³-hybridized carbons (Fsp3) is 0.619. The van der Waals surface area contributed by atoms with Gasteiger partial charge in [0, 0.05) is 38.1 Å². The highest BCUT2D eigenvalue weighted by atomic mass is 16.5. The van der Waals surface area contributed by atoms with Crippen molar-refractivity contribution in [3.8, 4) is 11.5 Å². The van der Waals surface area contributed by atoms with E-state index in [0.717, 1.165) is 35.9 Å². The summed E-state index contributed by atoms with van der Waals surface area (Å²) in [5.41, 5.74) is 0.996. The van der Waals surface area contributed by atoms with E-state index in [2.05, 4.69) is 35.5 Å². The third-order valence-corrected chi connectivity index (χ3v) is 5.36. The van der Waals surface area contributed by atoms with E-state index in [0.29, 0.717) is 19.6 Å². The van der Waals surface area contributed by atoms with Gasteiger partial charge in [-0.15, -0.1) is 0 Å². The highest BCUT2D eigenvalue weighted by molar-refractivity contribution is 5.80. The van der Waals surface area contributed by atoms with Gasteiger partial charge in [-0.05, 0) is 30.5 Å². The summed E-state index contributed by atoms with van der Waals surface area (Å²) in [5, 5.41) is 6.89. The van der Waals surface area contributed by atoms with Crippen LogP contribution in [0.15, 0.2) is 23.2 Å². The summed E-state index contributed by atoms with van der Waals surface area (Å²) in [6.07, 6.45) is 1.45. The van der Waals surface area contributed by atoms with Crippen LogP contribution in [0.4, 0.5) is 4.79 Å². The molecule has 2 N–H and O–H groups in total. The summed E-state index contributed by atoms with van der Waals surface area (Å²) < 4.78 is 15.6. The molecule has 162 valence electrons. The molecule has 0 bridgehead atoms. The predicted molar refractivity (Wildman–Crippen MR) is 114 cm³/mol.